The smallest absolute Gasteiger partial charge is 0.391 e. The minimum atomic E-state index is -4.05. The molecular weight excluding hydrogens is 489 g/mol. The number of rotatable bonds is 3. The second-order valence-electron chi connectivity index (χ2n) is 12.5. The Balaban J connectivity index is 0.00000137. The van der Waals surface area contributed by atoms with Gasteiger partial charge in [0.25, 0.3) is 0 Å². The zero-order valence-corrected chi connectivity index (χ0v) is 23.2. The zero-order valence-electron chi connectivity index (χ0n) is 23.2. The number of alkyl halides is 3. The highest BCUT2D eigenvalue weighted by atomic mass is 19.4. The number of nitrogens with zero attached hydrogens (tertiary/aromatic N) is 2. The van der Waals surface area contributed by atoms with Crippen molar-refractivity contribution in [2.24, 2.45) is 46.8 Å². The van der Waals surface area contributed by atoms with Crippen molar-refractivity contribution in [1.82, 2.24) is 4.90 Å². The van der Waals surface area contributed by atoms with Gasteiger partial charge in [-0.25, -0.2) is 0 Å². The molecule has 0 aromatic heterocycles. The summed E-state index contributed by atoms with van der Waals surface area (Å²) in [6.45, 7) is 4.37. The highest BCUT2D eigenvalue weighted by molar-refractivity contribution is 5.80. The predicted molar refractivity (Wildman–Crippen MR) is 145 cm³/mol. The lowest BCUT2D eigenvalue weighted by molar-refractivity contribution is -0.196. The third-order valence-corrected chi connectivity index (χ3v) is 11.2. The minimum Gasteiger partial charge on any atom is -0.400 e. The summed E-state index contributed by atoms with van der Waals surface area (Å²) in [6, 6.07) is 9.55. The van der Waals surface area contributed by atoms with Crippen LogP contribution in [0.25, 0.3) is 0 Å². The summed E-state index contributed by atoms with van der Waals surface area (Å²) in [5, 5.41) is 16.1. The lowest BCUT2D eigenvalue weighted by atomic mass is 9.49. The van der Waals surface area contributed by atoms with Crippen molar-refractivity contribution in [3.05, 3.63) is 35.4 Å². The number of fused-ring (bicyclic) bond motifs is 5. The van der Waals surface area contributed by atoms with Gasteiger partial charge in [-0.2, -0.15) is 18.4 Å². The Morgan fingerprint density at radius 2 is 1.71 bits per heavy atom. The van der Waals surface area contributed by atoms with E-state index in [0.29, 0.717) is 42.1 Å². The van der Waals surface area contributed by atoms with E-state index >= 15 is 0 Å². The number of carbonyl (C=O) groups is 1. The molecule has 4 saturated carbocycles. The first-order chi connectivity index (χ1) is 18.0. The van der Waals surface area contributed by atoms with Crippen molar-refractivity contribution in [2.45, 2.75) is 83.9 Å². The normalized spacial score (nSPS) is 36.9. The fourth-order valence-corrected chi connectivity index (χ4v) is 9.05. The predicted octanol–water partition coefficient (Wildman–Crippen LogP) is 7.63. The lowest BCUT2D eigenvalue weighted by Crippen LogP contribution is -2.51. The van der Waals surface area contributed by atoms with Crippen molar-refractivity contribution < 1.29 is 25.9 Å². The van der Waals surface area contributed by atoms with Gasteiger partial charge in [0.15, 0.2) is 0 Å². The van der Waals surface area contributed by atoms with Crippen LogP contribution in [0.15, 0.2) is 24.3 Å². The summed E-state index contributed by atoms with van der Waals surface area (Å²) in [7, 11) is 2.90. The molecule has 1 aromatic carbocycles. The van der Waals surface area contributed by atoms with Gasteiger partial charge in [-0.3, -0.25) is 4.79 Å². The van der Waals surface area contributed by atoms with E-state index in [1.807, 2.05) is 31.0 Å². The number of carbonyl (C=O) groups excluding carboxylic acids is 1. The number of aliphatic hydroxyl groups is 1. The molecule has 7 heteroatoms. The Morgan fingerprint density at radius 3 is 2.34 bits per heavy atom. The average Bonchev–Trinajstić information content (AvgIpc) is 3.29. The van der Waals surface area contributed by atoms with Crippen LogP contribution in [0.1, 0.15) is 91.7 Å². The number of amides is 1. The van der Waals surface area contributed by atoms with Crippen LogP contribution < -0.4 is 0 Å². The van der Waals surface area contributed by atoms with Crippen molar-refractivity contribution in [2.75, 3.05) is 14.2 Å². The van der Waals surface area contributed by atoms with Gasteiger partial charge >= 0.3 is 6.18 Å². The van der Waals surface area contributed by atoms with Crippen LogP contribution in [0.3, 0.4) is 0 Å². The molecule has 4 fully saturated rings. The van der Waals surface area contributed by atoms with Crippen LogP contribution in [0.2, 0.25) is 0 Å². The molecule has 4 aliphatic rings. The van der Waals surface area contributed by atoms with E-state index in [1.54, 1.807) is 12.1 Å². The SMILES string of the molecule is CO.C[C@H](c1ccc(C#N)cc1)N(C)C(=O)[C@H]1CCC2[C@@H]3CC[C@@H]4C[C@@H](C(F)(F)F)CC[C@@H]4C3CC[C@@]21C.[HH].[HH]. The van der Waals surface area contributed by atoms with Gasteiger partial charge in [-0.15, -0.1) is 0 Å². The Hall–Kier alpha value is -2.07. The lowest BCUT2D eigenvalue weighted by Gasteiger charge is -2.56. The summed E-state index contributed by atoms with van der Waals surface area (Å²) < 4.78 is 40.2. The number of nitriles is 1. The highest BCUT2D eigenvalue weighted by Crippen LogP contribution is 2.65. The molecule has 0 aliphatic heterocycles. The maximum absolute atomic E-state index is 13.8. The Morgan fingerprint density at radius 1 is 1.05 bits per heavy atom. The summed E-state index contributed by atoms with van der Waals surface area (Å²) in [4.78, 5) is 15.7. The van der Waals surface area contributed by atoms with Crippen LogP contribution in [0.5, 0.6) is 0 Å². The van der Waals surface area contributed by atoms with E-state index in [9.17, 15) is 18.0 Å². The van der Waals surface area contributed by atoms with Gasteiger partial charge in [-0.05, 0) is 117 Å². The Labute approximate surface area is 228 Å². The second-order valence-corrected chi connectivity index (χ2v) is 12.5. The molecule has 4 aliphatic carbocycles. The molecule has 0 spiro atoms. The molecule has 2 unspecified atom stereocenters. The number of hydrogen-bond acceptors (Lipinski definition) is 3. The number of aliphatic hydroxyl groups excluding tert-OH is 1. The van der Waals surface area contributed by atoms with Gasteiger partial charge in [0.05, 0.1) is 23.6 Å². The fourth-order valence-electron chi connectivity index (χ4n) is 9.05. The molecule has 5 rings (SSSR count). The molecule has 1 aromatic rings. The zero-order chi connectivity index (χ0) is 27.8. The minimum absolute atomic E-state index is 0. The first-order valence-electron chi connectivity index (χ1n) is 14.3. The number of hydrogen-bond donors (Lipinski definition) is 1. The third kappa shape index (κ3) is 5.10. The third-order valence-electron chi connectivity index (χ3n) is 11.2. The summed E-state index contributed by atoms with van der Waals surface area (Å²) in [6.07, 6.45) is 3.34. The molecule has 38 heavy (non-hydrogen) atoms. The van der Waals surface area contributed by atoms with Gasteiger partial charge in [-0.1, -0.05) is 19.1 Å². The van der Waals surface area contributed by atoms with E-state index in [1.165, 1.54) is 0 Å². The summed E-state index contributed by atoms with van der Waals surface area (Å²) >= 11 is 0. The molecule has 0 bridgehead atoms. The highest BCUT2D eigenvalue weighted by Gasteiger charge is 2.59. The quantitative estimate of drug-likeness (QED) is 0.432. The largest absolute Gasteiger partial charge is 0.400 e. The van der Waals surface area contributed by atoms with E-state index in [0.717, 1.165) is 57.6 Å². The topological polar surface area (TPSA) is 64.3 Å². The standard InChI is InChI=1S/C30H39F3N2O.CH4O.2H2/c1-18(20-6-4-19(17-34)5-7-20)35(3)28(36)27-13-12-26-25-10-8-21-16-22(30(31,32)33)9-11-23(21)24(25)14-15-29(26,27)2;1-2;;/h4-7,18,21-27H,8-16H2,1-3H3;2H,1H3;2*1H/t18-,21-,22+,23+,24?,25-,26?,27-,29+;;;/m1.../s1. The van der Waals surface area contributed by atoms with Crippen LogP contribution in [-0.4, -0.2) is 36.2 Å². The van der Waals surface area contributed by atoms with Crippen molar-refractivity contribution in [3.8, 4) is 6.07 Å². The first-order valence-corrected chi connectivity index (χ1v) is 14.3. The molecule has 214 valence electrons. The van der Waals surface area contributed by atoms with Crippen LogP contribution in [0.4, 0.5) is 13.2 Å². The van der Waals surface area contributed by atoms with Crippen molar-refractivity contribution >= 4 is 5.91 Å². The summed E-state index contributed by atoms with van der Waals surface area (Å²) in [5.74, 6) is 1.40. The van der Waals surface area contributed by atoms with E-state index in [-0.39, 0.29) is 32.1 Å². The van der Waals surface area contributed by atoms with E-state index in [2.05, 4.69) is 13.0 Å². The molecule has 1 amide bonds. The van der Waals surface area contributed by atoms with Gasteiger partial charge in [0, 0.05) is 22.9 Å². The summed E-state index contributed by atoms with van der Waals surface area (Å²) in [5.41, 5.74) is 1.62. The number of benzene rings is 1. The molecule has 0 saturated heterocycles. The van der Waals surface area contributed by atoms with Gasteiger partial charge in [0.2, 0.25) is 5.91 Å². The number of halogens is 3. The van der Waals surface area contributed by atoms with Gasteiger partial charge in [0.1, 0.15) is 0 Å². The van der Waals surface area contributed by atoms with Crippen molar-refractivity contribution in [1.29, 1.82) is 5.26 Å². The van der Waals surface area contributed by atoms with Crippen LogP contribution in [-0.2, 0) is 4.79 Å². The fraction of sp³-hybridized carbons (Fsp3) is 0.742. The molecule has 4 nitrogen and oxygen atoms in total. The Kier molecular flexibility index (Phi) is 8.52. The average molecular weight is 537 g/mol. The van der Waals surface area contributed by atoms with Gasteiger partial charge < -0.3 is 10.0 Å². The maximum atomic E-state index is 13.8. The Bertz CT molecular complexity index is 1030. The van der Waals surface area contributed by atoms with Crippen LogP contribution >= 0.6 is 0 Å². The second kappa shape index (κ2) is 11.2. The monoisotopic (exact) mass is 536 g/mol. The van der Waals surface area contributed by atoms with Crippen LogP contribution in [0, 0.1) is 58.2 Å². The molecule has 1 N–H and O–H groups in total. The molecule has 9 atom stereocenters. The molecule has 0 heterocycles. The first kappa shape index (κ1) is 28.9. The molecule has 0 radical (unpaired) electrons. The maximum Gasteiger partial charge on any atom is 0.391 e. The van der Waals surface area contributed by atoms with Crippen molar-refractivity contribution in [3.63, 3.8) is 0 Å². The van der Waals surface area contributed by atoms with E-state index in [4.69, 9.17) is 10.4 Å². The van der Waals surface area contributed by atoms with E-state index < -0.39 is 12.1 Å². The molecular formula is C31H47F3N2O2.